The fourth-order valence-corrected chi connectivity index (χ4v) is 9.05. The van der Waals surface area contributed by atoms with E-state index in [1.807, 2.05) is 36.7 Å². The molecule has 6 nitrogen and oxygen atoms in total. The Bertz CT molecular complexity index is 3550. The van der Waals surface area contributed by atoms with Crippen LogP contribution in [0.1, 0.15) is 22.9 Å². The molecule has 2 aromatic heterocycles. The van der Waals surface area contributed by atoms with Gasteiger partial charge in [-0.2, -0.15) is 0 Å². The van der Waals surface area contributed by atoms with Crippen LogP contribution in [0.3, 0.4) is 0 Å². The topological polar surface area (TPSA) is 67.5 Å². The Labute approximate surface area is 364 Å². The number of aromatic nitrogens is 3. The molecule has 1 N–H and O–H groups in total. The highest BCUT2D eigenvalue weighted by molar-refractivity contribution is 6.24. The number of aliphatic imine (C=N–C) groups is 2. The van der Waals surface area contributed by atoms with E-state index in [0.29, 0.717) is 5.84 Å². The molecule has 1 atom stereocenters. The molecule has 296 valence electrons. The number of hydrogen-bond donors (Lipinski definition) is 1. The highest BCUT2D eigenvalue weighted by atomic mass is 15.2. The minimum absolute atomic E-state index is 0.318. The number of benzene rings is 9. The fourth-order valence-electron chi connectivity index (χ4n) is 9.05. The van der Waals surface area contributed by atoms with Crippen molar-refractivity contribution in [2.75, 3.05) is 0 Å². The standard InChI is InChI=1S/C57H38N6/c1-3-12-37(13-4-1)38-22-26-43(27-23-38)55-60-54(42-15-5-2-6-16-42)61-56(62-55)44-28-24-39(25-29-44)40-30-32-45(33-31-40)63-53-49-20-10-9-19-47(49)48-34-35-58-36-51(48)52(53)59-57(63)50-21-11-17-41-14-7-8-18-46(41)50/h1-36,56H,(H,60,61,62). The predicted octanol–water partition coefficient (Wildman–Crippen LogP) is 13.4. The van der Waals surface area contributed by atoms with Crippen molar-refractivity contribution in [1.82, 2.24) is 19.9 Å². The predicted molar refractivity (Wildman–Crippen MR) is 260 cm³/mol. The van der Waals surface area contributed by atoms with Crippen molar-refractivity contribution < 1.29 is 0 Å². The van der Waals surface area contributed by atoms with Gasteiger partial charge in [-0.15, -0.1) is 0 Å². The van der Waals surface area contributed by atoms with Gasteiger partial charge >= 0.3 is 0 Å². The molecular formula is C57H38N6. The normalized spacial score (nSPS) is 13.9. The van der Waals surface area contributed by atoms with Crippen molar-refractivity contribution >= 4 is 55.0 Å². The summed E-state index contributed by atoms with van der Waals surface area (Å²) in [7, 11) is 0. The van der Waals surface area contributed by atoms with E-state index in [4.69, 9.17) is 15.0 Å². The Hall–Kier alpha value is -8.48. The summed E-state index contributed by atoms with van der Waals surface area (Å²) >= 11 is 0. The van der Waals surface area contributed by atoms with E-state index in [1.54, 1.807) is 0 Å². The minimum Gasteiger partial charge on any atom is -0.344 e. The molecular weight excluding hydrogens is 769 g/mol. The van der Waals surface area contributed by atoms with Gasteiger partial charge in [0.1, 0.15) is 17.8 Å². The molecule has 9 aromatic carbocycles. The molecule has 3 heterocycles. The van der Waals surface area contributed by atoms with Crippen LogP contribution < -0.4 is 5.32 Å². The van der Waals surface area contributed by atoms with Crippen molar-refractivity contribution in [2.45, 2.75) is 6.17 Å². The lowest BCUT2D eigenvalue weighted by Gasteiger charge is -2.24. The maximum Gasteiger partial charge on any atom is 0.159 e. The Balaban J connectivity index is 0.914. The van der Waals surface area contributed by atoms with Gasteiger partial charge in [0.25, 0.3) is 0 Å². The molecule has 12 rings (SSSR count). The second-order valence-corrected chi connectivity index (χ2v) is 15.9. The minimum atomic E-state index is -0.318. The first-order valence-electron chi connectivity index (χ1n) is 21.2. The maximum absolute atomic E-state index is 5.49. The first kappa shape index (κ1) is 36.4. The molecule has 0 radical (unpaired) electrons. The smallest absolute Gasteiger partial charge is 0.159 e. The number of fused-ring (bicyclic) bond motifs is 7. The zero-order chi connectivity index (χ0) is 41.7. The van der Waals surface area contributed by atoms with E-state index in [1.165, 1.54) is 16.3 Å². The molecule has 0 bridgehead atoms. The van der Waals surface area contributed by atoms with Crippen molar-refractivity contribution in [3.63, 3.8) is 0 Å². The number of hydrogen-bond acceptors (Lipinski definition) is 5. The summed E-state index contributed by atoms with van der Waals surface area (Å²) in [6.07, 6.45) is 3.50. The fraction of sp³-hybridized carbons (Fsp3) is 0.0175. The van der Waals surface area contributed by atoms with Crippen LogP contribution in [-0.2, 0) is 0 Å². The van der Waals surface area contributed by atoms with Crippen LogP contribution >= 0.6 is 0 Å². The maximum atomic E-state index is 5.49. The molecule has 1 aliphatic heterocycles. The van der Waals surface area contributed by atoms with E-state index in [2.05, 4.69) is 197 Å². The molecule has 0 saturated carbocycles. The van der Waals surface area contributed by atoms with Crippen LogP contribution in [0.4, 0.5) is 0 Å². The van der Waals surface area contributed by atoms with E-state index >= 15 is 0 Å². The lowest BCUT2D eigenvalue weighted by Crippen LogP contribution is -2.33. The summed E-state index contributed by atoms with van der Waals surface area (Å²) in [5.74, 6) is 2.39. The van der Waals surface area contributed by atoms with Gasteiger partial charge in [0.2, 0.25) is 0 Å². The second-order valence-electron chi connectivity index (χ2n) is 15.9. The molecule has 0 spiro atoms. The SMILES string of the molecule is c1ccc(C2=NC(c3ccc(-c4ccc(-n5c(-c6cccc7ccccc67)nc6c7cnccc7c7ccccc7c65)cc4)cc3)NC(c3ccc(-c4ccccc4)cc3)=N2)cc1. The first-order chi connectivity index (χ1) is 31.2. The molecule has 0 aliphatic carbocycles. The summed E-state index contributed by atoms with van der Waals surface area (Å²) in [4.78, 5) is 20.2. The lowest BCUT2D eigenvalue weighted by atomic mass is 10.0. The quantitative estimate of drug-likeness (QED) is 0.163. The van der Waals surface area contributed by atoms with E-state index in [9.17, 15) is 0 Å². The molecule has 0 amide bonds. The summed E-state index contributed by atoms with van der Waals surface area (Å²) < 4.78 is 2.34. The number of imidazole rings is 1. The third-order valence-corrected chi connectivity index (χ3v) is 12.2. The molecule has 1 unspecified atom stereocenters. The third kappa shape index (κ3) is 6.44. The molecule has 6 heteroatoms. The number of amidine groups is 2. The first-order valence-corrected chi connectivity index (χ1v) is 21.2. The van der Waals surface area contributed by atoms with Crippen LogP contribution in [0.15, 0.2) is 229 Å². The van der Waals surface area contributed by atoms with Crippen LogP contribution in [0, 0.1) is 0 Å². The van der Waals surface area contributed by atoms with Gasteiger partial charge in [-0.05, 0) is 67.6 Å². The zero-order valence-electron chi connectivity index (χ0n) is 34.1. The third-order valence-electron chi connectivity index (χ3n) is 12.2. The van der Waals surface area contributed by atoms with Gasteiger partial charge in [-0.25, -0.2) is 15.0 Å². The van der Waals surface area contributed by atoms with Gasteiger partial charge in [0.05, 0.1) is 11.0 Å². The van der Waals surface area contributed by atoms with E-state index < -0.39 is 0 Å². The Morgan fingerprint density at radius 2 is 1.02 bits per heavy atom. The average molecular weight is 807 g/mol. The molecule has 1 aliphatic rings. The zero-order valence-corrected chi connectivity index (χ0v) is 34.1. The summed E-state index contributed by atoms with van der Waals surface area (Å²) in [6.45, 7) is 0. The summed E-state index contributed by atoms with van der Waals surface area (Å²) in [6, 6.07) is 72.5. The summed E-state index contributed by atoms with van der Waals surface area (Å²) in [5, 5.41) is 10.5. The van der Waals surface area contributed by atoms with Crippen molar-refractivity contribution in [1.29, 1.82) is 0 Å². The number of rotatable bonds is 7. The Morgan fingerprint density at radius 1 is 0.444 bits per heavy atom. The molecule has 63 heavy (non-hydrogen) atoms. The Kier molecular flexibility index (Phi) is 8.78. The second kappa shape index (κ2) is 15.2. The largest absolute Gasteiger partial charge is 0.344 e. The number of pyridine rings is 1. The number of nitrogens with zero attached hydrogens (tertiary/aromatic N) is 5. The summed E-state index contributed by atoms with van der Waals surface area (Å²) in [5.41, 5.74) is 11.7. The van der Waals surface area contributed by atoms with Gasteiger partial charge in [-0.1, -0.05) is 188 Å². The van der Waals surface area contributed by atoms with Crippen molar-refractivity contribution in [2.24, 2.45) is 9.98 Å². The molecule has 0 fully saturated rings. The van der Waals surface area contributed by atoms with Gasteiger partial charge < -0.3 is 5.32 Å². The van der Waals surface area contributed by atoms with Crippen LogP contribution in [0.2, 0.25) is 0 Å². The van der Waals surface area contributed by atoms with Crippen LogP contribution in [-0.4, -0.2) is 26.2 Å². The van der Waals surface area contributed by atoms with E-state index in [0.717, 1.165) is 88.9 Å². The number of nitrogens with one attached hydrogen (secondary N) is 1. The molecule has 11 aromatic rings. The van der Waals surface area contributed by atoms with E-state index in [-0.39, 0.29) is 6.17 Å². The highest BCUT2D eigenvalue weighted by Gasteiger charge is 2.23. The lowest BCUT2D eigenvalue weighted by molar-refractivity contribution is 0.674. The monoisotopic (exact) mass is 806 g/mol. The molecule has 0 saturated heterocycles. The van der Waals surface area contributed by atoms with Crippen LogP contribution in [0.25, 0.3) is 82.7 Å². The Morgan fingerprint density at radius 3 is 1.76 bits per heavy atom. The van der Waals surface area contributed by atoms with Gasteiger partial charge in [-0.3, -0.25) is 9.55 Å². The van der Waals surface area contributed by atoms with Crippen LogP contribution in [0.5, 0.6) is 0 Å². The van der Waals surface area contributed by atoms with Crippen molar-refractivity contribution in [3.05, 3.63) is 235 Å². The van der Waals surface area contributed by atoms with Crippen molar-refractivity contribution in [3.8, 4) is 39.3 Å². The van der Waals surface area contributed by atoms with Gasteiger partial charge in [0.15, 0.2) is 5.84 Å². The average Bonchev–Trinajstić information content (AvgIpc) is 3.78. The van der Waals surface area contributed by atoms with Gasteiger partial charge in [0, 0.05) is 45.5 Å². The highest BCUT2D eigenvalue weighted by Crippen LogP contribution is 2.40.